The number of nitrogens with zero attached hydrogens (tertiary/aromatic N) is 1. The average molecular weight is 408 g/mol. The lowest BCUT2D eigenvalue weighted by atomic mass is 10.1. The van der Waals surface area contributed by atoms with E-state index in [0.717, 1.165) is 16.7 Å². The predicted octanol–water partition coefficient (Wildman–Crippen LogP) is 4.58. The van der Waals surface area contributed by atoms with Crippen LogP contribution >= 0.6 is 0 Å². The van der Waals surface area contributed by atoms with Crippen molar-refractivity contribution in [3.8, 4) is 11.3 Å². The van der Waals surface area contributed by atoms with E-state index in [1.54, 1.807) is 6.07 Å². The first-order chi connectivity index (χ1) is 14.2. The largest absolute Gasteiger partial charge is 0.450 e. The van der Waals surface area contributed by atoms with Gasteiger partial charge in [0.1, 0.15) is 5.76 Å². The summed E-state index contributed by atoms with van der Waals surface area (Å²) in [6, 6.07) is 12.6. The van der Waals surface area contributed by atoms with Gasteiger partial charge in [-0.25, -0.2) is 4.79 Å². The van der Waals surface area contributed by atoms with E-state index in [1.807, 2.05) is 32.9 Å². The summed E-state index contributed by atoms with van der Waals surface area (Å²) in [6.45, 7) is 5.30. The number of benzene rings is 2. The molecule has 0 saturated carbocycles. The summed E-state index contributed by atoms with van der Waals surface area (Å²) in [5.41, 5.74) is 4.16. The van der Waals surface area contributed by atoms with Crippen LogP contribution < -0.4 is 5.32 Å². The van der Waals surface area contributed by atoms with E-state index in [9.17, 15) is 19.7 Å². The van der Waals surface area contributed by atoms with Gasteiger partial charge in [0.15, 0.2) is 6.61 Å². The van der Waals surface area contributed by atoms with Crippen LogP contribution in [0.2, 0.25) is 0 Å². The van der Waals surface area contributed by atoms with Crippen LogP contribution in [-0.2, 0) is 9.53 Å². The maximum Gasteiger partial charge on any atom is 0.374 e. The molecule has 0 saturated heterocycles. The van der Waals surface area contributed by atoms with Gasteiger partial charge in [-0.1, -0.05) is 17.7 Å². The van der Waals surface area contributed by atoms with Crippen molar-refractivity contribution in [3.05, 3.63) is 81.1 Å². The van der Waals surface area contributed by atoms with Crippen LogP contribution in [0.4, 0.5) is 11.4 Å². The zero-order chi connectivity index (χ0) is 21.8. The molecule has 0 atom stereocenters. The van der Waals surface area contributed by atoms with Crippen molar-refractivity contribution in [1.82, 2.24) is 0 Å². The Morgan fingerprint density at radius 3 is 2.27 bits per heavy atom. The molecule has 3 aromatic rings. The van der Waals surface area contributed by atoms with E-state index in [2.05, 4.69) is 5.32 Å². The van der Waals surface area contributed by atoms with E-state index in [1.165, 1.54) is 30.3 Å². The lowest BCUT2D eigenvalue weighted by Gasteiger charge is -2.12. The SMILES string of the molecule is Cc1cc(C)c(NC(=O)COC(=O)c2ccc(-c3ccc([N+](=O)[O-])cc3)o2)c(C)c1. The van der Waals surface area contributed by atoms with Crippen molar-refractivity contribution in [2.24, 2.45) is 0 Å². The van der Waals surface area contributed by atoms with Gasteiger partial charge in [-0.05, 0) is 56.2 Å². The molecule has 1 heterocycles. The number of carbonyl (C=O) groups is 2. The van der Waals surface area contributed by atoms with Gasteiger partial charge in [-0.15, -0.1) is 0 Å². The second kappa shape index (κ2) is 8.60. The van der Waals surface area contributed by atoms with Gasteiger partial charge in [0.2, 0.25) is 5.76 Å². The monoisotopic (exact) mass is 408 g/mol. The summed E-state index contributed by atoms with van der Waals surface area (Å²) >= 11 is 0. The zero-order valence-electron chi connectivity index (χ0n) is 16.7. The molecule has 30 heavy (non-hydrogen) atoms. The van der Waals surface area contributed by atoms with Crippen molar-refractivity contribution in [1.29, 1.82) is 0 Å². The molecule has 1 N–H and O–H groups in total. The molecule has 0 bridgehead atoms. The average Bonchev–Trinajstić information content (AvgIpc) is 3.19. The number of hydrogen-bond acceptors (Lipinski definition) is 6. The molecule has 154 valence electrons. The first-order valence-corrected chi connectivity index (χ1v) is 9.14. The molecule has 0 spiro atoms. The number of furan rings is 1. The molecule has 3 rings (SSSR count). The molecular weight excluding hydrogens is 388 g/mol. The van der Waals surface area contributed by atoms with Gasteiger partial charge in [0.25, 0.3) is 11.6 Å². The second-order valence-electron chi connectivity index (χ2n) is 6.87. The number of rotatable bonds is 6. The number of hydrogen-bond donors (Lipinski definition) is 1. The van der Waals surface area contributed by atoms with Gasteiger partial charge < -0.3 is 14.5 Å². The number of non-ortho nitro benzene ring substituents is 1. The molecule has 0 fully saturated rings. The first kappa shape index (κ1) is 20.8. The number of anilines is 1. The van der Waals surface area contributed by atoms with Crippen LogP contribution in [0.15, 0.2) is 52.9 Å². The van der Waals surface area contributed by atoms with Crippen LogP contribution in [0.3, 0.4) is 0 Å². The van der Waals surface area contributed by atoms with E-state index < -0.39 is 23.4 Å². The number of aryl methyl sites for hydroxylation is 3. The Bertz CT molecular complexity index is 1090. The molecule has 2 aromatic carbocycles. The van der Waals surface area contributed by atoms with Crippen LogP contribution in [0.1, 0.15) is 27.2 Å². The Kier molecular flexibility index (Phi) is 5.96. The summed E-state index contributed by atoms with van der Waals surface area (Å²) in [5.74, 6) is -0.956. The molecule has 8 heteroatoms. The number of ether oxygens (including phenoxy) is 1. The van der Waals surface area contributed by atoms with Crippen LogP contribution in [-0.4, -0.2) is 23.4 Å². The van der Waals surface area contributed by atoms with Crippen molar-refractivity contribution in [3.63, 3.8) is 0 Å². The Morgan fingerprint density at radius 1 is 1.03 bits per heavy atom. The number of nitro benzene ring substituents is 1. The van der Waals surface area contributed by atoms with Gasteiger partial charge in [-0.3, -0.25) is 14.9 Å². The molecule has 1 aromatic heterocycles. The predicted molar refractivity (Wildman–Crippen MR) is 110 cm³/mol. The van der Waals surface area contributed by atoms with Crippen LogP contribution in [0, 0.1) is 30.9 Å². The Morgan fingerprint density at radius 2 is 1.67 bits per heavy atom. The Balaban J connectivity index is 1.60. The van der Waals surface area contributed by atoms with Crippen molar-refractivity contribution >= 4 is 23.3 Å². The summed E-state index contributed by atoms with van der Waals surface area (Å²) in [6.07, 6.45) is 0. The maximum atomic E-state index is 12.2. The highest BCUT2D eigenvalue weighted by molar-refractivity contribution is 5.95. The van der Waals surface area contributed by atoms with Crippen molar-refractivity contribution in [2.45, 2.75) is 20.8 Å². The van der Waals surface area contributed by atoms with Gasteiger partial charge in [-0.2, -0.15) is 0 Å². The molecule has 0 aliphatic heterocycles. The fourth-order valence-corrected chi connectivity index (χ4v) is 3.11. The van der Waals surface area contributed by atoms with Gasteiger partial charge in [0, 0.05) is 23.4 Å². The summed E-state index contributed by atoms with van der Waals surface area (Å²) in [4.78, 5) is 34.6. The van der Waals surface area contributed by atoms with E-state index in [4.69, 9.17) is 9.15 Å². The number of esters is 1. The van der Waals surface area contributed by atoms with Crippen molar-refractivity contribution < 1.29 is 23.7 Å². The third-order valence-electron chi connectivity index (χ3n) is 4.45. The fraction of sp³-hybridized carbons (Fsp3) is 0.182. The van der Waals surface area contributed by atoms with Gasteiger partial charge >= 0.3 is 5.97 Å². The minimum atomic E-state index is -0.782. The van der Waals surface area contributed by atoms with E-state index >= 15 is 0 Å². The standard InChI is InChI=1S/C22H20N2O6/c1-13-10-14(2)21(15(3)11-13)23-20(25)12-29-22(26)19-9-8-18(30-19)16-4-6-17(7-5-16)24(27)28/h4-11H,12H2,1-3H3,(H,23,25). The molecule has 0 aliphatic rings. The lowest BCUT2D eigenvalue weighted by Crippen LogP contribution is -2.21. The number of nitro groups is 1. The third-order valence-corrected chi connectivity index (χ3v) is 4.45. The molecule has 0 unspecified atom stereocenters. The van der Waals surface area contributed by atoms with E-state index in [0.29, 0.717) is 17.0 Å². The van der Waals surface area contributed by atoms with Crippen LogP contribution in [0.5, 0.6) is 0 Å². The fourth-order valence-electron chi connectivity index (χ4n) is 3.11. The number of carbonyl (C=O) groups excluding carboxylic acids is 2. The minimum Gasteiger partial charge on any atom is -0.450 e. The first-order valence-electron chi connectivity index (χ1n) is 9.14. The summed E-state index contributed by atoms with van der Waals surface area (Å²) in [5, 5.41) is 13.5. The quantitative estimate of drug-likeness (QED) is 0.363. The molecule has 0 aliphatic carbocycles. The second-order valence-corrected chi connectivity index (χ2v) is 6.87. The molecule has 1 amide bonds. The Hall–Kier alpha value is -3.94. The summed E-state index contributed by atoms with van der Waals surface area (Å²) in [7, 11) is 0. The third kappa shape index (κ3) is 4.72. The van der Waals surface area contributed by atoms with Gasteiger partial charge in [0.05, 0.1) is 4.92 Å². The highest BCUT2D eigenvalue weighted by Gasteiger charge is 2.17. The molecule has 0 radical (unpaired) electrons. The van der Waals surface area contributed by atoms with E-state index in [-0.39, 0.29) is 11.4 Å². The smallest absolute Gasteiger partial charge is 0.374 e. The highest BCUT2D eigenvalue weighted by Crippen LogP contribution is 2.25. The highest BCUT2D eigenvalue weighted by atomic mass is 16.6. The molecule has 8 nitrogen and oxygen atoms in total. The zero-order valence-corrected chi connectivity index (χ0v) is 16.7. The minimum absolute atomic E-state index is 0.0463. The number of amides is 1. The maximum absolute atomic E-state index is 12.2. The Labute approximate surface area is 172 Å². The lowest BCUT2D eigenvalue weighted by molar-refractivity contribution is -0.384. The summed E-state index contributed by atoms with van der Waals surface area (Å²) < 4.78 is 10.5. The topological polar surface area (TPSA) is 112 Å². The normalized spacial score (nSPS) is 10.5. The van der Waals surface area contributed by atoms with Crippen molar-refractivity contribution in [2.75, 3.05) is 11.9 Å². The van der Waals surface area contributed by atoms with Crippen LogP contribution in [0.25, 0.3) is 11.3 Å². The molecular formula is C22H20N2O6. The number of nitrogens with one attached hydrogen (secondary N) is 1.